The fourth-order valence-corrected chi connectivity index (χ4v) is 3.78. The molecule has 5 nitrogen and oxygen atoms in total. The molecule has 0 unspecified atom stereocenters. The summed E-state index contributed by atoms with van der Waals surface area (Å²) >= 11 is 7.41. The minimum Gasteiger partial charge on any atom is -0.491 e. The number of fused-ring (bicyclic) bond motifs is 1. The largest absolute Gasteiger partial charge is 0.491 e. The molecule has 4 rings (SSSR count). The average Bonchev–Trinajstić information content (AvgIpc) is 3.24. The summed E-state index contributed by atoms with van der Waals surface area (Å²) in [7, 11) is 0. The molecule has 2 aromatic carbocycles. The minimum atomic E-state index is -0.891. The van der Waals surface area contributed by atoms with Gasteiger partial charge in [0.2, 0.25) is 0 Å². The van der Waals surface area contributed by atoms with Crippen molar-refractivity contribution in [1.29, 1.82) is 0 Å². The Labute approximate surface area is 170 Å². The molecule has 1 atom stereocenters. The molecule has 0 amide bonds. The normalized spacial score (nSPS) is 12.2. The Kier molecular flexibility index (Phi) is 5.43. The van der Waals surface area contributed by atoms with Crippen molar-refractivity contribution >= 4 is 33.7 Å². The van der Waals surface area contributed by atoms with Gasteiger partial charge in [-0.05, 0) is 41.8 Å². The molecule has 7 heteroatoms. The van der Waals surface area contributed by atoms with Crippen LogP contribution in [0.2, 0.25) is 5.02 Å². The third-order valence-corrected chi connectivity index (χ3v) is 5.39. The summed E-state index contributed by atoms with van der Waals surface area (Å²) in [5.74, 6) is 0.599. The molecule has 0 aliphatic rings. The highest BCUT2D eigenvalue weighted by molar-refractivity contribution is 7.13. The Morgan fingerprint density at radius 3 is 2.54 bits per heavy atom. The first kappa shape index (κ1) is 18.7. The summed E-state index contributed by atoms with van der Waals surface area (Å²) < 4.78 is 6.89. The molecule has 0 fully saturated rings. The first-order valence-corrected chi connectivity index (χ1v) is 9.98. The van der Waals surface area contributed by atoms with E-state index in [-0.39, 0.29) is 18.7 Å². The SMILES string of the molecule is O=c1c2ccccc2c(-c2cccs2)nn1C[C@@H](O)COc1ccc(Cl)cc1. The fourth-order valence-electron chi connectivity index (χ4n) is 2.93. The zero-order chi connectivity index (χ0) is 19.5. The molecule has 1 N–H and O–H groups in total. The fraction of sp³-hybridized carbons (Fsp3) is 0.143. The van der Waals surface area contributed by atoms with Gasteiger partial charge in [0.25, 0.3) is 5.56 Å². The number of thiophene rings is 1. The van der Waals surface area contributed by atoms with Crippen molar-refractivity contribution in [2.45, 2.75) is 12.6 Å². The number of aliphatic hydroxyl groups excluding tert-OH is 1. The van der Waals surface area contributed by atoms with Crippen LogP contribution in [0, 0.1) is 0 Å². The Bertz CT molecular complexity index is 1140. The lowest BCUT2D eigenvalue weighted by Gasteiger charge is -2.15. The number of nitrogens with zero attached hydrogens (tertiary/aromatic N) is 2. The molecule has 0 radical (unpaired) electrons. The van der Waals surface area contributed by atoms with Gasteiger partial charge in [-0.3, -0.25) is 4.79 Å². The minimum absolute atomic E-state index is 0.0373. The van der Waals surface area contributed by atoms with Crippen LogP contribution < -0.4 is 10.3 Å². The van der Waals surface area contributed by atoms with E-state index in [2.05, 4.69) is 5.10 Å². The van der Waals surface area contributed by atoms with Crippen molar-refractivity contribution in [3.05, 3.63) is 81.4 Å². The van der Waals surface area contributed by atoms with Crippen molar-refractivity contribution in [2.75, 3.05) is 6.61 Å². The third-order valence-electron chi connectivity index (χ3n) is 4.26. The number of hydrogen-bond acceptors (Lipinski definition) is 5. The first-order valence-electron chi connectivity index (χ1n) is 8.72. The quantitative estimate of drug-likeness (QED) is 0.515. The number of rotatable bonds is 6. The maximum atomic E-state index is 12.8. The van der Waals surface area contributed by atoms with Gasteiger partial charge in [-0.2, -0.15) is 5.10 Å². The molecule has 2 aromatic heterocycles. The Hall–Kier alpha value is -2.67. The molecule has 0 saturated heterocycles. The van der Waals surface area contributed by atoms with E-state index < -0.39 is 6.10 Å². The number of hydrogen-bond donors (Lipinski definition) is 1. The van der Waals surface area contributed by atoms with Crippen LogP contribution in [0.1, 0.15) is 0 Å². The molecule has 0 aliphatic heterocycles. The van der Waals surface area contributed by atoms with E-state index in [4.69, 9.17) is 16.3 Å². The topological polar surface area (TPSA) is 64.4 Å². The first-order chi connectivity index (χ1) is 13.6. The van der Waals surface area contributed by atoms with Crippen molar-refractivity contribution in [3.8, 4) is 16.3 Å². The molecule has 2 heterocycles. The van der Waals surface area contributed by atoms with Gasteiger partial charge >= 0.3 is 0 Å². The van der Waals surface area contributed by atoms with Gasteiger partial charge in [-0.1, -0.05) is 35.9 Å². The molecule has 4 aromatic rings. The van der Waals surface area contributed by atoms with Crippen molar-refractivity contribution < 1.29 is 9.84 Å². The maximum Gasteiger partial charge on any atom is 0.274 e. The van der Waals surface area contributed by atoms with Gasteiger partial charge in [-0.25, -0.2) is 4.68 Å². The van der Waals surface area contributed by atoms with Crippen molar-refractivity contribution in [3.63, 3.8) is 0 Å². The lowest BCUT2D eigenvalue weighted by molar-refractivity contribution is 0.0882. The van der Waals surface area contributed by atoms with Crippen LogP contribution >= 0.6 is 22.9 Å². The van der Waals surface area contributed by atoms with Crippen LogP contribution in [0.15, 0.2) is 70.8 Å². The van der Waals surface area contributed by atoms with E-state index >= 15 is 0 Å². The van der Waals surface area contributed by atoms with Crippen molar-refractivity contribution in [2.24, 2.45) is 0 Å². The monoisotopic (exact) mass is 412 g/mol. The van der Waals surface area contributed by atoms with Gasteiger partial charge in [0.1, 0.15) is 24.2 Å². The highest BCUT2D eigenvalue weighted by Gasteiger charge is 2.15. The third kappa shape index (κ3) is 3.94. The molecule has 0 bridgehead atoms. The highest BCUT2D eigenvalue weighted by atomic mass is 35.5. The summed E-state index contributed by atoms with van der Waals surface area (Å²) in [5.41, 5.74) is 0.498. The molecule has 142 valence electrons. The van der Waals surface area contributed by atoms with Crippen LogP contribution in [0.5, 0.6) is 5.75 Å². The Morgan fingerprint density at radius 1 is 1.07 bits per heavy atom. The van der Waals surface area contributed by atoms with E-state index in [1.807, 2.05) is 35.7 Å². The van der Waals surface area contributed by atoms with Gasteiger partial charge in [0.15, 0.2) is 0 Å². The second kappa shape index (κ2) is 8.14. The second-order valence-electron chi connectivity index (χ2n) is 6.28. The van der Waals surface area contributed by atoms with E-state index in [1.54, 1.807) is 41.7 Å². The zero-order valence-corrected chi connectivity index (χ0v) is 16.4. The number of halogens is 1. The number of ether oxygens (including phenoxy) is 1. The van der Waals surface area contributed by atoms with E-state index in [0.29, 0.717) is 16.2 Å². The second-order valence-corrected chi connectivity index (χ2v) is 7.66. The maximum absolute atomic E-state index is 12.8. The van der Waals surface area contributed by atoms with Crippen molar-refractivity contribution in [1.82, 2.24) is 9.78 Å². The number of aromatic nitrogens is 2. The predicted octanol–water partition coefficient (Wildman–Crippen LogP) is 4.22. The van der Waals surface area contributed by atoms with E-state index in [0.717, 1.165) is 16.0 Å². The van der Waals surface area contributed by atoms with Crippen LogP contribution in [-0.2, 0) is 6.54 Å². The molecular formula is C21H17ClN2O3S. The number of aliphatic hydroxyl groups is 1. The molecule has 0 spiro atoms. The molecule has 28 heavy (non-hydrogen) atoms. The highest BCUT2D eigenvalue weighted by Crippen LogP contribution is 2.28. The lowest BCUT2D eigenvalue weighted by atomic mass is 10.1. The summed E-state index contributed by atoms with van der Waals surface area (Å²) in [6, 6.07) is 18.2. The van der Waals surface area contributed by atoms with Gasteiger partial charge in [0.05, 0.1) is 16.8 Å². The Balaban J connectivity index is 1.60. The van der Waals surface area contributed by atoms with E-state index in [1.165, 1.54) is 4.68 Å². The van der Waals surface area contributed by atoms with Crippen LogP contribution in [-0.4, -0.2) is 27.6 Å². The number of benzene rings is 2. The van der Waals surface area contributed by atoms with Crippen LogP contribution in [0.3, 0.4) is 0 Å². The Morgan fingerprint density at radius 2 is 1.82 bits per heavy atom. The van der Waals surface area contributed by atoms with Gasteiger partial charge < -0.3 is 9.84 Å². The molecule has 0 aliphatic carbocycles. The average molecular weight is 413 g/mol. The van der Waals surface area contributed by atoms with Gasteiger partial charge in [0, 0.05) is 10.4 Å². The summed E-state index contributed by atoms with van der Waals surface area (Å²) in [4.78, 5) is 13.8. The summed E-state index contributed by atoms with van der Waals surface area (Å²) in [6.07, 6.45) is -0.891. The molecular weight excluding hydrogens is 396 g/mol. The van der Waals surface area contributed by atoms with E-state index in [9.17, 15) is 9.90 Å². The predicted molar refractivity (Wildman–Crippen MR) is 112 cm³/mol. The van der Waals surface area contributed by atoms with Crippen LogP contribution in [0.25, 0.3) is 21.3 Å². The zero-order valence-electron chi connectivity index (χ0n) is 14.8. The smallest absolute Gasteiger partial charge is 0.274 e. The van der Waals surface area contributed by atoms with Gasteiger partial charge in [-0.15, -0.1) is 11.3 Å². The van der Waals surface area contributed by atoms with Crippen LogP contribution in [0.4, 0.5) is 0 Å². The summed E-state index contributed by atoms with van der Waals surface area (Å²) in [5, 5.41) is 18.9. The molecule has 0 saturated carbocycles. The lowest BCUT2D eigenvalue weighted by Crippen LogP contribution is -2.32. The standard InChI is InChI=1S/C21H17ClN2O3S/c22-14-7-9-16(10-8-14)27-13-15(25)12-24-21(26)18-5-2-1-4-17(18)20(23-24)19-6-3-11-28-19/h1-11,15,25H,12-13H2/t15-/m1/s1. The summed E-state index contributed by atoms with van der Waals surface area (Å²) in [6.45, 7) is 0.0759.